The Morgan fingerprint density at radius 3 is 2.12 bits per heavy atom. The van der Waals surface area contributed by atoms with Crippen LogP contribution in [0.25, 0.3) is 0 Å². The summed E-state index contributed by atoms with van der Waals surface area (Å²) in [6.07, 6.45) is 0. The van der Waals surface area contributed by atoms with Gasteiger partial charge in [0.1, 0.15) is 5.92 Å². The van der Waals surface area contributed by atoms with Crippen LogP contribution in [0.15, 0.2) is 30.3 Å². The van der Waals surface area contributed by atoms with Crippen LogP contribution in [0, 0.1) is 0 Å². The van der Waals surface area contributed by atoms with Gasteiger partial charge in [-0.25, -0.2) is 0 Å². The van der Waals surface area contributed by atoms with E-state index in [-0.39, 0.29) is 5.78 Å². The van der Waals surface area contributed by atoms with Gasteiger partial charge in [-0.2, -0.15) is 0 Å². The molecular formula is C12H13BrO3. The molecule has 1 aromatic rings. The Bertz CT molecular complexity index is 392. The molecule has 0 radical (unpaired) electrons. The molecule has 1 unspecified atom stereocenters. The molecule has 0 bridgehead atoms. The number of ketones is 1. The number of carboxylic acids is 1. The SMILES string of the molecule is CC(C)(Br)C(=O)C(C(=O)O)c1ccccc1. The van der Waals surface area contributed by atoms with Gasteiger partial charge in [0.25, 0.3) is 0 Å². The summed E-state index contributed by atoms with van der Waals surface area (Å²) in [5.41, 5.74) is 0.507. The van der Waals surface area contributed by atoms with Gasteiger partial charge in [-0.1, -0.05) is 46.3 Å². The number of halogens is 1. The second kappa shape index (κ2) is 4.78. The summed E-state index contributed by atoms with van der Waals surface area (Å²) in [5, 5.41) is 9.12. The molecule has 0 aliphatic heterocycles. The van der Waals surface area contributed by atoms with Gasteiger partial charge in [0, 0.05) is 0 Å². The largest absolute Gasteiger partial charge is 0.480 e. The molecule has 1 N–H and O–H groups in total. The van der Waals surface area contributed by atoms with Crippen molar-refractivity contribution >= 4 is 27.7 Å². The number of aliphatic carboxylic acids is 1. The lowest BCUT2D eigenvalue weighted by Crippen LogP contribution is -2.34. The number of hydrogen-bond acceptors (Lipinski definition) is 2. The highest BCUT2D eigenvalue weighted by atomic mass is 79.9. The van der Waals surface area contributed by atoms with Gasteiger partial charge in [0.05, 0.1) is 4.32 Å². The third-order valence-electron chi connectivity index (χ3n) is 2.23. The molecule has 16 heavy (non-hydrogen) atoms. The molecule has 1 atom stereocenters. The number of hydrogen-bond donors (Lipinski definition) is 1. The number of benzene rings is 1. The van der Waals surface area contributed by atoms with Crippen molar-refractivity contribution in [2.24, 2.45) is 0 Å². The first kappa shape index (κ1) is 12.9. The number of rotatable bonds is 4. The minimum absolute atomic E-state index is 0.355. The van der Waals surface area contributed by atoms with Gasteiger partial charge >= 0.3 is 5.97 Å². The quantitative estimate of drug-likeness (QED) is 0.683. The van der Waals surface area contributed by atoms with E-state index in [9.17, 15) is 9.59 Å². The molecule has 0 aliphatic carbocycles. The van der Waals surface area contributed by atoms with E-state index in [0.29, 0.717) is 5.56 Å². The molecule has 0 fully saturated rings. The summed E-state index contributed by atoms with van der Waals surface area (Å²) in [6, 6.07) is 8.52. The smallest absolute Gasteiger partial charge is 0.318 e. The van der Waals surface area contributed by atoms with Gasteiger partial charge < -0.3 is 5.11 Å². The van der Waals surface area contributed by atoms with Gasteiger partial charge in [-0.3, -0.25) is 9.59 Å². The summed E-state index contributed by atoms with van der Waals surface area (Å²) >= 11 is 3.20. The summed E-state index contributed by atoms with van der Waals surface area (Å²) in [4.78, 5) is 23.1. The number of carbonyl (C=O) groups is 2. The average Bonchev–Trinajstić information content (AvgIpc) is 2.17. The molecule has 86 valence electrons. The van der Waals surface area contributed by atoms with E-state index in [1.165, 1.54) is 0 Å². The Hall–Kier alpha value is -1.16. The Kier molecular flexibility index (Phi) is 3.86. The molecule has 0 heterocycles. The van der Waals surface area contributed by atoms with Crippen LogP contribution in [0.4, 0.5) is 0 Å². The average molecular weight is 285 g/mol. The number of carboxylic acid groups (broad SMARTS) is 1. The fraction of sp³-hybridized carbons (Fsp3) is 0.333. The molecule has 0 aromatic heterocycles. The Balaban J connectivity index is 3.12. The second-order valence-electron chi connectivity index (χ2n) is 4.02. The topological polar surface area (TPSA) is 54.4 Å². The van der Waals surface area contributed by atoms with Crippen LogP contribution >= 0.6 is 15.9 Å². The maximum absolute atomic E-state index is 12.0. The third kappa shape index (κ3) is 2.92. The van der Waals surface area contributed by atoms with Crippen molar-refractivity contribution in [3.05, 3.63) is 35.9 Å². The van der Waals surface area contributed by atoms with Crippen molar-refractivity contribution in [2.45, 2.75) is 24.1 Å². The fourth-order valence-electron chi connectivity index (χ4n) is 1.39. The maximum atomic E-state index is 12.0. The molecule has 0 amide bonds. The van der Waals surface area contributed by atoms with Crippen LogP contribution in [0.2, 0.25) is 0 Å². The summed E-state index contributed by atoms with van der Waals surface area (Å²) in [7, 11) is 0. The fourth-order valence-corrected chi connectivity index (χ4v) is 1.62. The lowest BCUT2D eigenvalue weighted by Gasteiger charge is -2.20. The Morgan fingerprint density at radius 1 is 1.25 bits per heavy atom. The Labute approximate surface area is 103 Å². The van der Waals surface area contributed by atoms with Crippen LogP contribution in [0.1, 0.15) is 25.3 Å². The van der Waals surface area contributed by atoms with E-state index in [4.69, 9.17) is 5.11 Å². The molecule has 3 nitrogen and oxygen atoms in total. The number of carbonyl (C=O) groups excluding carboxylic acids is 1. The highest BCUT2D eigenvalue weighted by Crippen LogP contribution is 2.28. The predicted octanol–water partition coefficient (Wildman–Crippen LogP) is 2.60. The van der Waals surface area contributed by atoms with Crippen molar-refractivity contribution in [1.29, 1.82) is 0 Å². The molecule has 1 aromatic carbocycles. The van der Waals surface area contributed by atoms with Gasteiger partial charge in [0.15, 0.2) is 5.78 Å². The minimum Gasteiger partial charge on any atom is -0.480 e. The van der Waals surface area contributed by atoms with Crippen LogP contribution in [-0.4, -0.2) is 21.2 Å². The number of alkyl halides is 1. The molecule has 0 saturated carbocycles. The van der Waals surface area contributed by atoms with Crippen molar-refractivity contribution in [3.8, 4) is 0 Å². The van der Waals surface area contributed by atoms with Gasteiger partial charge in [-0.15, -0.1) is 0 Å². The van der Waals surface area contributed by atoms with Gasteiger partial charge in [0.2, 0.25) is 0 Å². The zero-order valence-corrected chi connectivity index (χ0v) is 10.7. The zero-order valence-electron chi connectivity index (χ0n) is 9.11. The first-order valence-electron chi connectivity index (χ1n) is 4.85. The standard InChI is InChI=1S/C12H13BrO3/c1-12(2,13)10(14)9(11(15)16)8-6-4-3-5-7-8/h3-7,9H,1-2H3,(H,15,16). The molecule has 0 aliphatic rings. The van der Waals surface area contributed by atoms with E-state index < -0.39 is 16.2 Å². The molecule has 0 spiro atoms. The van der Waals surface area contributed by atoms with Gasteiger partial charge in [-0.05, 0) is 19.4 Å². The Morgan fingerprint density at radius 2 is 1.75 bits per heavy atom. The van der Waals surface area contributed by atoms with E-state index in [1.54, 1.807) is 44.2 Å². The van der Waals surface area contributed by atoms with E-state index in [2.05, 4.69) is 15.9 Å². The van der Waals surface area contributed by atoms with E-state index in [0.717, 1.165) is 0 Å². The molecule has 0 saturated heterocycles. The van der Waals surface area contributed by atoms with Crippen molar-refractivity contribution in [3.63, 3.8) is 0 Å². The molecule has 4 heteroatoms. The first-order valence-corrected chi connectivity index (χ1v) is 5.64. The third-order valence-corrected chi connectivity index (χ3v) is 2.62. The molecule has 1 rings (SSSR count). The van der Waals surface area contributed by atoms with Crippen molar-refractivity contribution in [1.82, 2.24) is 0 Å². The lowest BCUT2D eigenvalue weighted by atomic mass is 9.89. The normalized spacial score (nSPS) is 13.2. The van der Waals surface area contributed by atoms with E-state index in [1.807, 2.05) is 0 Å². The highest BCUT2D eigenvalue weighted by Gasteiger charge is 2.36. The van der Waals surface area contributed by atoms with Crippen molar-refractivity contribution < 1.29 is 14.7 Å². The maximum Gasteiger partial charge on any atom is 0.318 e. The van der Waals surface area contributed by atoms with Crippen LogP contribution in [-0.2, 0) is 9.59 Å². The van der Waals surface area contributed by atoms with Crippen LogP contribution in [0.3, 0.4) is 0 Å². The molecular weight excluding hydrogens is 272 g/mol. The second-order valence-corrected chi connectivity index (χ2v) is 6.00. The predicted molar refractivity (Wildman–Crippen MR) is 64.8 cm³/mol. The van der Waals surface area contributed by atoms with E-state index >= 15 is 0 Å². The highest BCUT2D eigenvalue weighted by molar-refractivity contribution is 9.10. The van der Waals surface area contributed by atoms with Crippen molar-refractivity contribution in [2.75, 3.05) is 0 Å². The minimum atomic E-state index is -1.12. The zero-order chi connectivity index (χ0) is 12.3. The van der Waals surface area contributed by atoms with Crippen LogP contribution < -0.4 is 0 Å². The monoisotopic (exact) mass is 284 g/mol. The first-order chi connectivity index (χ1) is 7.34. The van der Waals surface area contributed by atoms with Crippen LogP contribution in [0.5, 0.6) is 0 Å². The number of Topliss-reactive ketones (excluding diaryl/α,β-unsaturated/α-hetero) is 1. The summed E-state index contributed by atoms with van der Waals surface area (Å²) in [5.74, 6) is -2.59. The lowest BCUT2D eigenvalue weighted by molar-refractivity contribution is -0.143. The summed E-state index contributed by atoms with van der Waals surface area (Å²) < 4.78 is -0.841. The summed E-state index contributed by atoms with van der Waals surface area (Å²) in [6.45, 7) is 3.29.